The molecule has 10 heteroatoms. The average Bonchev–Trinajstić information content (AvgIpc) is 3.24. The maximum atomic E-state index is 13.2. The van der Waals surface area contributed by atoms with Crippen LogP contribution in [0.1, 0.15) is 46.1 Å². The van der Waals surface area contributed by atoms with Crippen molar-refractivity contribution in [2.75, 3.05) is 6.54 Å². The van der Waals surface area contributed by atoms with Crippen LogP contribution in [0.4, 0.5) is 0 Å². The molecule has 3 aromatic rings. The monoisotopic (exact) mass is 545 g/mol. The summed E-state index contributed by atoms with van der Waals surface area (Å²) in [5, 5.41) is 14.9. The first-order valence-corrected chi connectivity index (χ1v) is 13.6. The van der Waals surface area contributed by atoms with Crippen LogP contribution in [0.2, 0.25) is 0 Å². The molecule has 2 heterocycles. The minimum Gasteiger partial charge on any atom is -0.457 e. The predicted octanol–water partition coefficient (Wildman–Crippen LogP) is 3.56. The maximum absolute atomic E-state index is 13.2. The van der Waals surface area contributed by atoms with Crippen LogP contribution in [0.25, 0.3) is 0 Å². The zero-order chi connectivity index (χ0) is 27.7. The molecule has 1 aliphatic carbocycles. The van der Waals surface area contributed by atoms with Crippen molar-refractivity contribution in [3.05, 3.63) is 81.5 Å². The van der Waals surface area contributed by atoms with Gasteiger partial charge >= 0.3 is 0 Å². The minimum absolute atomic E-state index is 0.000341. The second kappa shape index (κ2) is 10.5. The van der Waals surface area contributed by atoms with Crippen molar-refractivity contribution in [2.24, 2.45) is 11.1 Å². The van der Waals surface area contributed by atoms with Crippen molar-refractivity contribution < 1.29 is 19.1 Å². The number of amidine groups is 1. The van der Waals surface area contributed by atoms with E-state index in [1.54, 1.807) is 34.5 Å². The largest absolute Gasteiger partial charge is 0.457 e. The lowest BCUT2D eigenvalue weighted by Gasteiger charge is -2.27. The molecule has 0 radical (unpaired) electrons. The number of nitrogen functional groups attached to an aromatic ring is 1. The van der Waals surface area contributed by atoms with E-state index in [-0.39, 0.29) is 41.6 Å². The van der Waals surface area contributed by atoms with Crippen molar-refractivity contribution in [2.45, 2.75) is 45.3 Å². The summed E-state index contributed by atoms with van der Waals surface area (Å²) in [4.78, 5) is 41.7. The Morgan fingerprint density at radius 2 is 1.87 bits per heavy atom. The van der Waals surface area contributed by atoms with Gasteiger partial charge in [-0.1, -0.05) is 25.1 Å². The summed E-state index contributed by atoms with van der Waals surface area (Å²) in [6.45, 7) is 4.06. The smallest absolute Gasteiger partial charge is 0.251 e. The lowest BCUT2D eigenvalue weighted by Crippen LogP contribution is -2.50. The molecule has 202 valence electrons. The molecular formula is C29H31N5O4S. The van der Waals surface area contributed by atoms with Gasteiger partial charge in [0.25, 0.3) is 5.91 Å². The molecule has 1 saturated carbocycles. The highest BCUT2D eigenvalue weighted by atomic mass is 32.1. The quantitative estimate of drug-likeness (QED) is 0.241. The van der Waals surface area contributed by atoms with Crippen LogP contribution in [0, 0.1) is 17.7 Å². The highest BCUT2D eigenvalue weighted by Crippen LogP contribution is 2.59. The van der Waals surface area contributed by atoms with E-state index in [2.05, 4.69) is 17.6 Å². The molecule has 9 nitrogen and oxygen atoms in total. The van der Waals surface area contributed by atoms with Gasteiger partial charge in [-0.3, -0.25) is 19.8 Å². The third-order valence-corrected chi connectivity index (χ3v) is 8.37. The molecular weight excluding hydrogens is 514 g/mol. The minimum atomic E-state index is -0.581. The van der Waals surface area contributed by atoms with Crippen LogP contribution in [0.3, 0.4) is 0 Å². The number of carbonyl (C=O) groups is 3. The van der Waals surface area contributed by atoms with E-state index >= 15 is 0 Å². The third kappa shape index (κ3) is 5.65. The molecule has 0 spiro atoms. The summed E-state index contributed by atoms with van der Waals surface area (Å²) in [5.74, 6) is 0.480. The van der Waals surface area contributed by atoms with Gasteiger partial charge in [0.15, 0.2) is 0 Å². The van der Waals surface area contributed by atoms with Crippen LogP contribution in [-0.2, 0) is 16.1 Å². The van der Waals surface area contributed by atoms with Gasteiger partial charge in [0.1, 0.15) is 23.4 Å². The number of para-hydroxylation sites is 1. The number of amides is 3. The fraction of sp³-hybridized carbons (Fsp3) is 0.310. The van der Waals surface area contributed by atoms with Crippen molar-refractivity contribution in [3.8, 4) is 11.5 Å². The fourth-order valence-electron chi connectivity index (χ4n) is 5.14. The summed E-state index contributed by atoms with van der Waals surface area (Å²) in [6.07, 6.45) is 1.44. The molecule has 5 rings (SSSR count). The summed E-state index contributed by atoms with van der Waals surface area (Å²) in [6, 6.07) is 15.7. The normalized spacial score (nSPS) is 21.1. The third-order valence-electron chi connectivity index (χ3n) is 7.44. The van der Waals surface area contributed by atoms with Crippen molar-refractivity contribution in [3.63, 3.8) is 0 Å². The number of hydrogen-bond acceptors (Lipinski definition) is 6. The average molecular weight is 546 g/mol. The number of aryl methyl sites for hydroxylation is 1. The summed E-state index contributed by atoms with van der Waals surface area (Å²) >= 11 is 1.42. The van der Waals surface area contributed by atoms with Crippen LogP contribution in [0.5, 0.6) is 11.5 Å². The van der Waals surface area contributed by atoms with E-state index in [9.17, 15) is 14.4 Å². The van der Waals surface area contributed by atoms with Crippen LogP contribution in [-0.4, -0.2) is 47.1 Å². The van der Waals surface area contributed by atoms with E-state index < -0.39 is 6.04 Å². The van der Waals surface area contributed by atoms with Gasteiger partial charge in [0.2, 0.25) is 11.8 Å². The zero-order valence-electron chi connectivity index (χ0n) is 21.8. The number of thiophene rings is 1. The lowest BCUT2D eigenvalue weighted by atomic mass is 10.0. The molecule has 39 heavy (non-hydrogen) atoms. The Hall–Kier alpha value is -4.18. The number of fused-ring (bicyclic) bond motifs is 1. The molecule has 1 aliphatic heterocycles. The van der Waals surface area contributed by atoms with E-state index in [4.69, 9.17) is 15.9 Å². The summed E-state index contributed by atoms with van der Waals surface area (Å²) < 4.78 is 5.88. The van der Waals surface area contributed by atoms with Gasteiger partial charge in [0.05, 0.1) is 13.1 Å². The first kappa shape index (κ1) is 26.4. The van der Waals surface area contributed by atoms with Crippen LogP contribution < -0.4 is 21.1 Å². The summed E-state index contributed by atoms with van der Waals surface area (Å²) in [7, 11) is 0. The van der Waals surface area contributed by atoms with E-state index in [0.717, 1.165) is 16.9 Å². The summed E-state index contributed by atoms with van der Waals surface area (Å²) in [5.41, 5.74) is 7.29. The van der Waals surface area contributed by atoms with Gasteiger partial charge in [-0.25, -0.2) is 0 Å². The molecule has 3 amide bonds. The number of piperidine rings is 1. The number of ether oxygens (including phenoxy) is 1. The number of nitrogens with one attached hydrogen (secondary N) is 3. The number of hydrogen-bond donors (Lipinski definition) is 4. The Balaban J connectivity index is 1.18. The van der Waals surface area contributed by atoms with Gasteiger partial charge < -0.3 is 26.0 Å². The molecule has 5 N–H and O–H groups in total. The topological polar surface area (TPSA) is 138 Å². The van der Waals surface area contributed by atoms with E-state index in [0.29, 0.717) is 35.6 Å². The number of rotatable bonds is 9. The van der Waals surface area contributed by atoms with Gasteiger partial charge in [-0.2, -0.15) is 0 Å². The second-order valence-electron chi connectivity index (χ2n) is 10.4. The molecule has 2 aromatic carbocycles. The van der Waals surface area contributed by atoms with Gasteiger partial charge in [-0.05, 0) is 67.1 Å². The Labute approximate surface area is 230 Å². The number of nitrogens with zero attached hydrogens (tertiary/aromatic N) is 1. The van der Waals surface area contributed by atoms with Crippen LogP contribution in [0.15, 0.2) is 60.0 Å². The number of carbonyl (C=O) groups excluding carboxylic acids is 3. The number of benzene rings is 2. The Morgan fingerprint density at radius 1 is 1.10 bits per heavy atom. The fourth-order valence-corrected chi connectivity index (χ4v) is 5.96. The zero-order valence-corrected chi connectivity index (χ0v) is 22.6. The molecule has 2 aliphatic rings. The predicted molar refractivity (Wildman–Crippen MR) is 149 cm³/mol. The Morgan fingerprint density at radius 3 is 2.56 bits per heavy atom. The Bertz CT molecular complexity index is 1440. The maximum Gasteiger partial charge on any atom is 0.251 e. The van der Waals surface area contributed by atoms with E-state index in [1.165, 1.54) is 11.3 Å². The standard InChI is InChI=1S/C29H31N5O4S/c1-17-10-18(8-9-23(17)38-20-6-4-3-5-7-20)27(36)33-15-25(35)34-22(12-29(2)13-24(29)34)28(37)32-14-21-11-19(16-39-21)26(30)31/h3-11,16,22,24H,12-15H2,1-2H3,(H3,30,31)(H,32,37)(H,33,36)/t22-,24-,29+/m0/s1. The van der Waals surface area contributed by atoms with Crippen molar-refractivity contribution >= 4 is 34.9 Å². The van der Waals surface area contributed by atoms with Crippen LogP contribution >= 0.6 is 11.3 Å². The molecule has 0 bridgehead atoms. The molecule has 1 saturated heterocycles. The molecule has 3 atom stereocenters. The Kier molecular flexibility index (Phi) is 7.14. The molecule has 1 aromatic heterocycles. The lowest BCUT2D eigenvalue weighted by molar-refractivity contribution is -0.139. The van der Waals surface area contributed by atoms with Gasteiger partial charge in [0, 0.05) is 27.4 Å². The number of likely N-dealkylation sites (tertiary alicyclic amines) is 1. The van der Waals surface area contributed by atoms with Crippen molar-refractivity contribution in [1.82, 2.24) is 15.5 Å². The highest BCUT2D eigenvalue weighted by molar-refractivity contribution is 7.10. The SMILES string of the molecule is Cc1cc(C(=O)NCC(=O)N2[C@H]3C[C@@]3(C)C[C@H]2C(=O)NCc2cc(C(=N)N)cs2)ccc1Oc1ccccc1. The number of nitrogens with two attached hydrogens (primary N) is 1. The second-order valence-corrected chi connectivity index (χ2v) is 11.4. The van der Waals surface area contributed by atoms with E-state index in [1.807, 2.05) is 37.3 Å². The first-order valence-electron chi connectivity index (χ1n) is 12.8. The molecule has 2 fully saturated rings. The molecule has 0 unspecified atom stereocenters. The first-order chi connectivity index (χ1) is 18.6. The van der Waals surface area contributed by atoms with Gasteiger partial charge in [-0.15, -0.1) is 11.3 Å². The van der Waals surface area contributed by atoms with Crippen molar-refractivity contribution in [1.29, 1.82) is 5.41 Å². The highest BCUT2D eigenvalue weighted by Gasteiger charge is 2.64.